The van der Waals surface area contributed by atoms with Crippen molar-refractivity contribution >= 4 is 15.9 Å². The van der Waals surface area contributed by atoms with Gasteiger partial charge in [-0.05, 0) is 18.6 Å². The normalized spacial score (nSPS) is 12.6. The van der Waals surface area contributed by atoms with E-state index in [1.807, 2.05) is 30.2 Å². The van der Waals surface area contributed by atoms with Gasteiger partial charge < -0.3 is 9.88 Å². The number of imidazole rings is 1. The van der Waals surface area contributed by atoms with Crippen LogP contribution in [0.15, 0.2) is 41.3 Å². The molecule has 2 aromatic rings. The van der Waals surface area contributed by atoms with Crippen molar-refractivity contribution in [1.29, 1.82) is 0 Å². The van der Waals surface area contributed by atoms with E-state index in [-0.39, 0.29) is 0 Å². The Morgan fingerprint density at radius 1 is 1.41 bits per heavy atom. The van der Waals surface area contributed by atoms with Crippen LogP contribution in [0.1, 0.15) is 24.2 Å². The lowest BCUT2D eigenvalue weighted by atomic mass is 10.1. The number of benzene rings is 1. The van der Waals surface area contributed by atoms with Crippen LogP contribution < -0.4 is 5.32 Å². The summed E-state index contributed by atoms with van der Waals surface area (Å²) in [7, 11) is 2.01. The van der Waals surface area contributed by atoms with Gasteiger partial charge in [-0.2, -0.15) is 0 Å². The Balaban J connectivity index is 2.01. The summed E-state index contributed by atoms with van der Waals surface area (Å²) in [6.45, 7) is 2.98. The highest BCUT2D eigenvalue weighted by molar-refractivity contribution is 9.10. The molecule has 0 radical (unpaired) electrons. The average molecular weight is 294 g/mol. The molecule has 2 rings (SSSR count). The maximum absolute atomic E-state index is 4.10. The number of hydrogen-bond acceptors (Lipinski definition) is 2. The predicted octanol–water partition coefficient (Wildman–Crippen LogP) is 3.03. The van der Waals surface area contributed by atoms with E-state index in [2.05, 4.69) is 51.4 Å². The van der Waals surface area contributed by atoms with E-state index in [9.17, 15) is 0 Å². The molecule has 4 heteroatoms. The first-order valence-electron chi connectivity index (χ1n) is 5.61. The summed E-state index contributed by atoms with van der Waals surface area (Å²) in [6, 6.07) is 8.59. The number of rotatable bonds is 4. The van der Waals surface area contributed by atoms with Crippen LogP contribution >= 0.6 is 15.9 Å². The molecule has 0 aliphatic rings. The van der Waals surface area contributed by atoms with E-state index in [1.54, 1.807) is 0 Å². The molecule has 0 saturated heterocycles. The molecule has 1 aromatic carbocycles. The van der Waals surface area contributed by atoms with Gasteiger partial charge in [-0.25, -0.2) is 4.98 Å². The molecular weight excluding hydrogens is 278 g/mol. The van der Waals surface area contributed by atoms with Crippen molar-refractivity contribution in [3.05, 3.63) is 52.5 Å². The van der Waals surface area contributed by atoms with Gasteiger partial charge in [-0.15, -0.1) is 0 Å². The van der Waals surface area contributed by atoms with E-state index in [4.69, 9.17) is 0 Å². The number of aromatic nitrogens is 2. The van der Waals surface area contributed by atoms with Gasteiger partial charge in [-0.1, -0.05) is 34.1 Å². The fraction of sp³-hybridized carbons (Fsp3) is 0.308. The van der Waals surface area contributed by atoms with Gasteiger partial charge >= 0.3 is 0 Å². The predicted molar refractivity (Wildman–Crippen MR) is 72.6 cm³/mol. The minimum atomic E-state index is 0.306. The van der Waals surface area contributed by atoms with E-state index in [1.165, 1.54) is 11.3 Å². The second-order valence-corrected chi connectivity index (χ2v) is 4.97. The Kier molecular flexibility index (Phi) is 3.97. The van der Waals surface area contributed by atoms with Crippen LogP contribution in [0.4, 0.5) is 0 Å². The Bertz CT molecular complexity index is 493. The lowest BCUT2D eigenvalue weighted by Gasteiger charge is -2.15. The molecule has 0 aliphatic heterocycles. The summed E-state index contributed by atoms with van der Waals surface area (Å²) in [4.78, 5) is 4.10. The van der Waals surface area contributed by atoms with Crippen LogP contribution in [0.25, 0.3) is 0 Å². The molecule has 3 nitrogen and oxygen atoms in total. The minimum Gasteiger partial charge on any atom is -0.337 e. The van der Waals surface area contributed by atoms with E-state index >= 15 is 0 Å². The van der Waals surface area contributed by atoms with Crippen LogP contribution in [-0.4, -0.2) is 9.55 Å². The second-order valence-electron chi connectivity index (χ2n) is 4.12. The number of nitrogens with one attached hydrogen (secondary N) is 1. The Labute approximate surface area is 110 Å². The molecule has 0 amide bonds. The molecule has 0 bridgehead atoms. The number of nitrogens with zero attached hydrogens (tertiary/aromatic N) is 2. The van der Waals surface area contributed by atoms with Crippen LogP contribution in [0, 0.1) is 0 Å². The van der Waals surface area contributed by atoms with Crippen molar-refractivity contribution in [1.82, 2.24) is 14.9 Å². The highest BCUT2D eigenvalue weighted by atomic mass is 79.9. The van der Waals surface area contributed by atoms with Gasteiger partial charge in [0.1, 0.15) is 0 Å². The molecule has 1 N–H and O–H groups in total. The third-order valence-corrected chi connectivity index (χ3v) is 3.60. The molecule has 17 heavy (non-hydrogen) atoms. The number of aryl methyl sites for hydroxylation is 1. The van der Waals surface area contributed by atoms with Gasteiger partial charge in [0.25, 0.3) is 0 Å². The smallest absolute Gasteiger partial charge is 0.0945 e. The third kappa shape index (κ3) is 2.96. The molecule has 1 aromatic heterocycles. The van der Waals surface area contributed by atoms with Gasteiger partial charge in [0.15, 0.2) is 0 Å². The van der Waals surface area contributed by atoms with Crippen molar-refractivity contribution in [3.63, 3.8) is 0 Å². The monoisotopic (exact) mass is 293 g/mol. The van der Waals surface area contributed by atoms with Gasteiger partial charge in [-0.3, -0.25) is 0 Å². The zero-order valence-electron chi connectivity index (χ0n) is 10.0. The Hall–Kier alpha value is -1.13. The topological polar surface area (TPSA) is 29.9 Å². The second kappa shape index (κ2) is 5.47. The molecule has 0 saturated carbocycles. The summed E-state index contributed by atoms with van der Waals surface area (Å²) >= 11 is 3.57. The highest BCUT2D eigenvalue weighted by Gasteiger charge is 2.08. The van der Waals surface area contributed by atoms with E-state index in [0.717, 1.165) is 11.0 Å². The van der Waals surface area contributed by atoms with Crippen LogP contribution in [0.2, 0.25) is 0 Å². The Morgan fingerprint density at radius 3 is 2.82 bits per heavy atom. The first kappa shape index (κ1) is 12.3. The summed E-state index contributed by atoms with van der Waals surface area (Å²) < 4.78 is 3.17. The maximum Gasteiger partial charge on any atom is 0.0945 e. The largest absolute Gasteiger partial charge is 0.337 e. The molecular formula is C13H16BrN3. The van der Waals surface area contributed by atoms with Crippen molar-refractivity contribution in [2.24, 2.45) is 7.05 Å². The zero-order chi connectivity index (χ0) is 12.3. The lowest BCUT2D eigenvalue weighted by Crippen LogP contribution is -2.19. The fourth-order valence-electron chi connectivity index (χ4n) is 1.75. The zero-order valence-corrected chi connectivity index (χ0v) is 11.6. The van der Waals surface area contributed by atoms with Gasteiger partial charge in [0.05, 0.1) is 12.0 Å². The van der Waals surface area contributed by atoms with Crippen molar-refractivity contribution in [2.45, 2.75) is 19.5 Å². The number of halogens is 1. The van der Waals surface area contributed by atoms with Crippen LogP contribution in [0.5, 0.6) is 0 Å². The summed E-state index contributed by atoms with van der Waals surface area (Å²) in [5, 5.41) is 3.49. The van der Waals surface area contributed by atoms with Crippen LogP contribution in [0.3, 0.4) is 0 Å². The van der Waals surface area contributed by atoms with Gasteiger partial charge in [0.2, 0.25) is 0 Å². The summed E-state index contributed by atoms with van der Waals surface area (Å²) in [6.07, 6.45) is 3.71. The SMILES string of the molecule is CC(NCc1cncn1C)c1ccccc1Br. The summed E-state index contributed by atoms with van der Waals surface area (Å²) in [5.41, 5.74) is 2.46. The molecule has 1 unspecified atom stereocenters. The first-order valence-corrected chi connectivity index (χ1v) is 6.41. The summed E-state index contributed by atoms with van der Waals surface area (Å²) in [5.74, 6) is 0. The maximum atomic E-state index is 4.10. The molecule has 0 fully saturated rings. The van der Waals surface area contributed by atoms with Crippen LogP contribution in [-0.2, 0) is 13.6 Å². The van der Waals surface area contributed by atoms with Crippen molar-refractivity contribution < 1.29 is 0 Å². The quantitative estimate of drug-likeness (QED) is 0.939. The average Bonchev–Trinajstić information content (AvgIpc) is 2.72. The molecule has 0 spiro atoms. The van der Waals surface area contributed by atoms with Crippen molar-refractivity contribution in [2.75, 3.05) is 0 Å². The fourth-order valence-corrected chi connectivity index (χ4v) is 2.38. The standard InChI is InChI=1S/C13H16BrN3/c1-10(12-5-3-4-6-13(12)14)16-8-11-7-15-9-17(11)2/h3-7,9-10,16H,8H2,1-2H3. The lowest BCUT2D eigenvalue weighted by molar-refractivity contribution is 0.556. The molecule has 0 aliphatic carbocycles. The van der Waals surface area contributed by atoms with Crippen molar-refractivity contribution in [3.8, 4) is 0 Å². The minimum absolute atomic E-state index is 0.306. The van der Waals surface area contributed by atoms with E-state index in [0.29, 0.717) is 6.04 Å². The Morgan fingerprint density at radius 2 is 2.18 bits per heavy atom. The third-order valence-electron chi connectivity index (χ3n) is 2.88. The molecule has 1 atom stereocenters. The molecule has 1 heterocycles. The molecule has 90 valence electrons. The number of hydrogen-bond donors (Lipinski definition) is 1. The highest BCUT2D eigenvalue weighted by Crippen LogP contribution is 2.22. The first-order chi connectivity index (χ1) is 8.18. The van der Waals surface area contributed by atoms with E-state index < -0.39 is 0 Å². The van der Waals surface area contributed by atoms with Gasteiger partial charge in [0, 0.05) is 30.3 Å².